The van der Waals surface area contributed by atoms with Crippen LogP contribution in [0.15, 0.2) is 29.2 Å². The zero-order valence-corrected chi connectivity index (χ0v) is 15.4. The van der Waals surface area contributed by atoms with Gasteiger partial charge in [0.1, 0.15) is 10.7 Å². The lowest BCUT2D eigenvalue weighted by Crippen LogP contribution is -3.15. The maximum atomic E-state index is 13.8. The van der Waals surface area contributed by atoms with Gasteiger partial charge in [-0.15, -0.1) is 0 Å². The fourth-order valence-corrected chi connectivity index (χ4v) is 4.41. The second-order valence-corrected chi connectivity index (χ2v) is 8.22. The molecule has 0 bridgehead atoms. The van der Waals surface area contributed by atoms with Crippen molar-refractivity contribution in [3.8, 4) is 0 Å². The van der Waals surface area contributed by atoms with Crippen LogP contribution in [0.25, 0.3) is 0 Å². The number of amides is 1. The van der Waals surface area contributed by atoms with E-state index in [2.05, 4.69) is 12.2 Å². The lowest BCUT2D eigenvalue weighted by molar-refractivity contribution is -0.895. The second kappa shape index (κ2) is 9.26. The number of unbranched alkanes of at least 4 members (excludes halogenated alkanes) is 2. The van der Waals surface area contributed by atoms with Gasteiger partial charge in [-0.1, -0.05) is 31.9 Å². The van der Waals surface area contributed by atoms with E-state index in [1.54, 1.807) is 0 Å². The smallest absolute Gasteiger partial charge is 0.275 e. The highest BCUT2D eigenvalue weighted by molar-refractivity contribution is 7.89. The van der Waals surface area contributed by atoms with Gasteiger partial charge in [-0.3, -0.25) is 4.79 Å². The zero-order valence-electron chi connectivity index (χ0n) is 14.6. The maximum absolute atomic E-state index is 13.8. The highest BCUT2D eigenvalue weighted by Crippen LogP contribution is 2.18. The molecule has 2 rings (SSSR count). The molecule has 1 aromatic carbocycles. The first kappa shape index (κ1) is 19.8. The van der Waals surface area contributed by atoms with Crippen LogP contribution < -0.4 is 10.2 Å². The van der Waals surface area contributed by atoms with Crippen LogP contribution in [0.5, 0.6) is 0 Å². The second-order valence-electron chi connectivity index (χ2n) is 6.32. The van der Waals surface area contributed by atoms with Gasteiger partial charge in [0.25, 0.3) is 5.91 Å². The van der Waals surface area contributed by atoms with Crippen LogP contribution >= 0.6 is 0 Å². The minimum atomic E-state index is -3.82. The first-order valence-electron chi connectivity index (χ1n) is 8.80. The van der Waals surface area contributed by atoms with Crippen LogP contribution in [-0.4, -0.2) is 57.9 Å². The Labute approximate surface area is 149 Å². The first-order chi connectivity index (χ1) is 11.9. The van der Waals surface area contributed by atoms with E-state index in [-0.39, 0.29) is 23.9 Å². The molecule has 1 saturated heterocycles. The van der Waals surface area contributed by atoms with Crippen LogP contribution in [-0.2, 0) is 14.8 Å². The summed E-state index contributed by atoms with van der Waals surface area (Å²) in [7, 11) is -3.82. The van der Waals surface area contributed by atoms with Gasteiger partial charge < -0.3 is 10.2 Å². The Morgan fingerprint density at radius 3 is 2.56 bits per heavy atom. The molecule has 0 atom stereocenters. The summed E-state index contributed by atoms with van der Waals surface area (Å²) in [4.78, 5) is 12.7. The van der Waals surface area contributed by atoms with Crippen LogP contribution in [0.4, 0.5) is 4.39 Å². The third kappa shape index (κ3) is 5.49. The molecule has 2 N–H and O–H groups in total. The predicted molar refractivity (Wildman–Crippen MR) is 93.3 cm³/mol. The average Bonchev–Trinajstić information content (AvgIpc) is 2.59. The average molecular weight is 372 g/mol. The number of benzene rings is 1. The SMILES string of the molecule is CCCCCNC(=O)C[NH+]1CCN(S(=O)(=O)c2ccccc2F)CC1. The molecule has 1 amide bonds. The van der Waals surface area contributed by atoms with E-state index in [1.807, 2.05) is 0 Å². The molecule has 8 heteroatoms. The number of hydrogen-bond acceptors (Lipinski definition) is 3. The summed E-state index contributed by atoms with van der Waals surface area (Å²) in [5.41, 5.74) is 0. The fourth-order valence-electron chi connectivity index (χ4n) is 2.90. The number of halogens is 1. The normalized spacial score (nSPS) is 16.7. The van der Waals surface area contributed by atoms with E-state index in [9.17, 15) is 17.6 Å². The molecule has 1 aliphatic rings. The molecule has 1 aromatic rings. The molecule has 1 fully saturated rings. The van der Waals surface area contributed by atoms with Gasteiger partial charge in [0.05, 0.1) is 26.2 Å². The van der Waals surface area contributed by atoms with Crippen molar-refractivity contribution in [2.75, 3.05) is 39.3 Å². The number of hydrogen-bond donors (Lipinski definition) is 2. The molecule has 1 heterocycles. The Kier molecular flexibility index (Phi) is 7.34. The number of sulfonamides is 1. The van der Waals surface area contributed by atoms with Crippen molar-refractivity contribution < 1.29 is 22.5 Å². The van der Waals surface area contributed by atoms with Crippen LogP contribution in [0, 0.1) is 5.82 Å². The molecule has 0 aromatic heterocycles. The van der Waals surface area contributed by atoms with Gasteiger partial charge in [-0.2, -0.15) is 4.31 Å². The largest absolute Gasteiger partial charge is 0.351 e. The summed E-state index contributed by atoms with van der Waals surface area (Å²) in [6, 6.07) is 5.42. The fraction of sp³-hybridized carbons (Fsp3) is 0.588. The summed E-state index contributed by atoms with van der Waals surface area (Å²) < 4.78 is 40.2. The van der Waals surface area contributed by atoms with Crippen molar-refractivity contribution in [3.63, 3.8) is 0 Å². The topological polar surface area (TPSA) is 70.9 Å². The number of rotatable bonds is 8. The minimum Gasteiger partial charge on any atom is -0.351 e. The first-order valence-corrected chi connectivity index (χ1v) is 10.2. The molecule has 140 valence electrons. The molecular weight excluding hydrogens is 345 g/mol. The number of carbonyl (C=O) groups is 1. The quantitative estimate of drug-likeness (QED) is 0.632. The molecule has 0 radical (unpaired) electrons. The van der Waals surface area contributed by atoms with Crippen LogP contribution in [0.1, 0.15) is 26.2 Å². The molecule has 0 spiro atoms. The third-order valence-electron chi connectivity index (χ3n) is 4.40. The van der Waals surface area contributed by atoms with Gasteiger partial charge in [0.15, 0.2) is 6.54 Å². The van der Waals surface area contributed by atoms with E-state index in [4.69, 9.17) is 0 Å². The number of carbonyl (C=O) groups excluding carboxylic acids is 1. The van der Waals surface area contributed by atoms with E-state index in [0.29, 0.717) is 26.2 Å². The highest BCUT2D eigenvalue weighted by atomic mass is 32.2. The van der Waals surface area contributed by atoms with Crippen molar-refractivity contribution >= 4 is 15.9 Å². The number of nitrogens with zero attached hydrogens (tertiary/aromatic N) is 1. The summed E-state index contributed by atoms with van der Waals surface area (Å²) in [6.07, 6.45) is 3.19. The Morgan fingerprint density at radius 2 is 1.92 bits per heavy atom. The Balaban J connectivity index is 1.83. The van der Waals surface area contributed by atoms with Crippen molar-refractivity contribution in [1.82, 2.24) is 9.62 Å². The number of piperazine rings is 1. The summed E-state index contributed by atoms with van der Waals surface area (Å²) in [6.45, 7) is 4.80. The monoisotopic (exact) mass is 372 g/mol. The number of nitrogens with one attached hydrogen (secondary N) is 2. The van der Waals surface area contributed by atoms with Crippen molar-refractivity contribution in [3.05, 3.63) is 30.1 Å². The molecule has 6 nitrogen and oxygen atoms in total. The molecular formula is C17H27FN3O3S+. The third-order valence-corrected chi connectivity index (χ3v) is 6.33. The zero-order chi connectivity index (χ0) is 18.3. The Bertz CT molecular complexity index is 673. The molecule has 25 heavy (non-hydrogen) atoms. The van der Waals surface area contributed by atoms with Gasteiger partial charge in [-0.05, 0) is 18.6 Å². The maximum Gasteiger partial charge on any atom is 0.275 e. The Morgan fingerprint density at radius 1 is 1.24 bits per heavy atom. The van der Waals surface area contributed by atoms with E-state index in [0.717, 1.165) is 30.2 Å². The predicted octanol–water partition coefficient (Wildman–Crippen LogP) is 0.0213. The Hall–Kier alpha value is -1.51. The van der Waals surface area contributed by atoms with Crippen molar-refractivity contribution in [2.24, 2.45) is 0 Å². The van der Waals surface area contributed by atoms with Crippen molar-refractivity contribution in [1.29, 1.82) is 0 Å². The van der Waals surface area contributed by atoms with Gasteiger partial charge in [-0.25, -0.2) is 12.8 Å². The molecule has 0 unspecified atom stereocenters. The summed E-state index contributed by atoms with van der Waals surface area (Å²) in [5, 5.41) is 2.90. The summed E-state index contributed by atoms with van der Waals surface area (Å²) >= 11 is 0. The highest BCUT2D eigenvalue weighted by Gasteiger charge is 2.32. The van der Waals surface area contributed by atoms with Crippen molar-refractivity contribution in [2.45, 2.75) is 31.1 Å². The van der Waals surface area contributed by atoms with Crippen LogP contribution in [0.3, 0.4) is 0 Å². The van der Waals surface area contributed by atoms with Crippen LogP contribution in [0.2, 0.25) is 0 Å². The molecule has 0 aliphatic carbocycles. The minimum absolute atomic E-state index is 0.00323. The number of quaternary nitrogens is 1. The molecule has 1 aliphatic heterocycles. The van der Waals surface area contributed by atoms with E-state index in [1.165, 1.54) is 22.5 Å². The van der Waals surface area contributed by atoms with Gasteiger partial charge >= 0.3 is 0 Å². The van der Waals surface area contributed by atoms with E-state index >= 15 is 0 Å². The molecule has 0 saturated carbocycles. The van der Waals surface area contributed by atoms with Gasteiger partial charge in [0.2, 0.25) is 10.0 Å². The lowest BCUT2D eigenvalue weighted by Gasteiger charge is -2.31. The van der Waals surface area contributed by atoms with E-state index < -0.39 is 15.8 Å². The lowest BCUT2D eigenvalue weighted by atomic mass is 10.2. The summed E-state index contributed by atoms with van der Waals surface area (Å²) in [5.74, 6) is -0.736. The van der Waals surface area contributed by atoms with Gasteiger partial charge in [0, 0.05) is 6.54 Å². The standard InChI is InChI=1S/C17H26FN3O3S/c1-2-3-6-9-19-17(22)14-20-10-12-21(13-11-20)25(23,24)16-8-5-4-7-15(16)18/h4-5,7-8H,2-3,6,9-14H2,1H3,(H,19,22)/p+1.